The van der Waals surface area contributed by atoms with Gasteiger partial charge in [0.1, 0.15) is 0 Å². The highest BCUT2D eigenvalue weighted by molar-refractivity contribution is 6.09. The van der Waals surface area contributed by atoms with E-state index in [4.69, 9.17) is 4.74 Å². The molecule has 0 radical (unpaired) electrons. The van der Waals surface area contributed by atoms with Crippen molar-refractivity contribution >= 4 is 17.8 Å². The van der Waals surface area contributed by atoms with Crippen LogP contribution >= 0.6 is 0 Å². The second kappa shape index (κ2) is 5.68. The molecule has 2 amide bonds. The molecule has 0 aliphatic carbocycles. The molecule has 1 aliphatic rings. The van der Waals surface area contributed by atoms with Crippen molar-refractivity contribution in [2.45, 2.75) is 33.9 Å². The summed E-state index contributed by atoms with van der Waals surface area (Å²) >= 11 is 0. The molecule has 1 aliphatic heterocycles. The summed E-state index contributed by atoms with van der Waals surface area (Å²) in [6, 6.07) is 6.83. The predicted molar refractivity (Wildman–Crippen MR) is 76.1 cm³/mol. The molecule has 0 saturated heterocycles. The third-order valence-electron chi connectivity index (χ3n) is 3.34. The minimum Gasteiger partial charge on any atom is -0.436 e. The molecule has 0 saturated carbocycles. The van der Waals surface area contributed by atoms with Gasteiger partial charge in [-0.15, -0.1) is 0 Å². The van der Waals surface area contributed by atoms with Crippen LogP contribution < -0.4 is 0 Å². The van der Waals surface area contributed by atoms with Crippen molar-refractivity contribution in [1.29, 1.82) is 0 Å². The first-order valence-corrected chi connectivity index (χ1v) is 7.01. The lowest BCUT2D eigenvalue weighted by Crippen LogP contribution is -2.39. The maximum atomic E-state index is 12.4. The van der Waals surface area contributed by atoms with Crippen molar-refractivity contribution < 1.29 is 19.1 Å². The van der Waals surface area contributed by atoms with E-state index in [1.165, 1.54) is 0 Å². The number of benzene rings is 1. The second-order valence-corrected chi connectivity index (χ2v) is 5.70. The van der Waals surface area contributed by atoms with Crippen molar-refractivity contribution in [3.05, 3.63) is 35.4 Å². The minimum absolute atomic E-state index is 0.330. The first-order valence-electron chi connectivity index (χ1n) is 7.01. The fourth-order valence-electron chi connectivity index (χ4n) is 2.14. The van der Waals surface area contributed by atoms with Gasteiger partial charge in [-0.1, -0.05) is 45.9 Å². The molecular weight excluding hydrogens is 270 g/mol. The third-order valence-corrected chi connectivity index (χ3v) is 3.34. The number of fused-ring (bicyclic) bond motifs is 1. The van der Waals surface area contributed by atoms with Gasteiger partial charge in [-0.2, -0.15) is 0 Å². The Morgan fingerprint density at radius 1 is 1.10 bits per heavy atom. The summed E-state index contributed by atoms with van der Waals surface area (Å²) in [7, 11) is 0. The van der Waals surface area contributed by atoms with Crippen molar-refractivity contribution in [3.8, 4) is 0 Å². The standard InChI is InChI=1S/C16H19NO4/c1-9(2)13(18)17-14(19)11-7-5-6-8-12(11)15(17)21-16(20)10(3)4/h5-10,15H,1-4H3/t15-/m1/s1. The van der Waals surface area contributed by atoms with Gasteiger partial charge < -0.3 is 4.74 Å². The lowest BCUT2D eigenvalue weighted by atomic mass is 10.1. The monoisotopic (exact) mass is 289 g/mol. The quantitative estimate of drug-likeness (QED) is 0.802. The zero-order chi connectivity index (χ0) is 15.7. The van der Waals surface area contributed by atoms with Crippen molar-refractivity contribution in [1.82, 2.24) is 4.90 Å². The minimum atomic E-state index is -0.960. The fourth-order valence-corrected chi connectivity index (χ4v) is 2.14. The van der Waals surface area contributed by atoms with Gasteiger partial charge in [0.25, 0.3) is 5.91 Å². The molecule has 21 heavy (non-hydrogen) atoms. The Morgan fingerprint density at radius 3 is 2.29 bits per heavy atom. The first-order chi connectivity index (χ1) is 9.84. The highest BCUT2D eigenvalue weighted by Gasteiger charge is 2.43. The van der Waals surface area contributed by atoms with Gasteiger partial charge in [0.2, 0.25) is 12.1 Å². The molecule has 0 aromatic heterocycles. The van der Waals surface area contributed by atoms with Crippen LogP contribution in [0.2, 0.25) is 0 Å². The van der Waals surface area contributed by atoms with Crippen LogP contribution in [0.4, 0.5) is 0 Å². The molecule has 0 N–H and O–H groups in total. The van der Waals surface area contributed by atoms with E-state index in [1.807, 2.05) is 0 Å². The first kappa shape index (κ1) is 15.2. The molecule has 0 unspecified atom stereocenters. The second-order valence-electron chi connectivity index (χ2n) is 5.70. The molecule has 0 spiro atoms. The number of imide groups is 1. The number of ether oxygens (including phenoxy) is 1. The molecule has 1 atom stereocenters. The largest absolute Gasteiger partial charge is 0.436 e. The summed E-state index contributed by atoms with van der Waals surface area (Å²) in [5.41, 5.74) is 0.971. The molecule has 2 rings (SSSR count). The van der Waals surface area contributed by atoms with Crippen LogP contribution in [0.25, 0.3) is 0 Å². The Morgan fingerprint density at radius 2 is 1.71 bits per heavy atom. The van der Waals surface area contributed by atoms with Gasteiger partial charge in [-0.25, -0.2) is 4.90 Å². The van der Waals surface area contributed by atoms with Crippen LogP contribution in [0.15, 0.2) is 24.3 Å². The molecule has 5 heteroatoms. The molecule has 5 nitrogen and oxygen atoms in total. The van der Waals surface area contributed by atoms with Crippen LogP contribution in [-0.2, 0) is 14.3 Å². The Hall–Kier alpha value is -2.17. The zero-order valence-corrected chi connectivity index (χ0v) is 12.6. The van der Waals surface area contributed by atoms with E-state index in [1.54, 1.807) is 52.0 Å². The number of esters is 1. The third kappa shape index (κ3) is 2.68. The van der Waals surface area contributed by atoms with Crippen LogP contribution in [-0.4, -0.2) is 22.7 Å². The highest BCUT2D eigenvalue weighted by Crippen LogP contribution is 2.35. The summed E-state index contributed by atoms with van der Waals surface area (Å²) in [4.78, 5) is 37.7. The summed E-state index contributed by atoms with van der Waals surface area (Å²) in [5.74, 6) is -1.89. The van der Waals surface area contributed by atoms with Crippen LogP contribution in [0.3, 0.4) is 0 Å². The van der Waals surface area contributed by atoms with Crippen LogP contribution in [0, 0.1) is 11.8 Å². The van der Waals surface area contributed by atoms with Crippen molar-refractivity contribution in [2.75, 3.05) is 0 Å². The molecule has 0 bridgehead atoms. The van der Waals surface area contributed by atoms with E-state index >= 15 is 0 Å². The van der Waals surface area contributed by atoms with Gasteiger partial charge >= 0.3 is 5.97 Å². The maximum Gasteiger partial charge on any atom is 0.310 e. The Balaban J connectivity index is 2.42. The predicted octanol–water partition coefficient (Wildman–Crippen LogP) is 2.52. The summed E-state index contributed by atoms with van der Waals surface area (Å²) in [5, 5.41) is 0. The SMILES string of the molecule is CC(C)C(=O)O[C@@H]1c2ccccc2C(=O)N1C(=O)C(C)C. The van der Waals surface area contributed by atoms with E-state index in [0.29, 0.717) is 11.1 Å². The average molecular weight is 289 g/mol. The molecule has 112 valence electrons. The van der Waals surface area contributed by atoms with Gasteiger partial charge in [-0.05, 0) is 6.07 Å². The van der Waals surface area contributed by atoms with Crippen molar-refractivity contribution in [3.63, 3.8) is 0 Å². The highest BCUT2D eigenvalue weighted by atomic mass is 16.6. The number of carbonyl (C=O) groups is 3. The van der Waals surface area contributed by atoms with Gasteiger partial charge in [0.15, 0.2) is 0 Å². The Bertz CT molecular complexity index is 592. The lowest BCUT2D eigenvalue weighted by molar-refractivity contribution is -0.165. The van der Waals surface area contributed by atoms with E-state index in [-0.39, 0.29) is 17.7 Å². The molecule has 1 aromatic carbocycles. The van der Waals surface area contributed by atoms with E-state index in [2.05, 4.69) is 0 Å². The number of amides is 2. The smallest absolute Gasteiger partial charge is 0.310 e. The maximum absolute atomic E-state index is 12.4. The molecule has 1 heterocycles. The number of carbonyl (C=O) groups excluding carboxylic acids is 3. The average Bonchev–Trinajstić information content (AvgIpc) is 2.71. The Labute approximate surface area is 123 Å². The van der Waals surface area contributed by atoms with Gasteiger partial charge in [0, 0.05) is 17.0 Å². The number of hydrogen-bond acceptors (Lipinski definition) is 4. The zero-order valence-electron chi connectivity index (χ0n) is 12.6. The summed E-state index contributed by atoms with van der Waals surface area (Å²) in [6.45, 7) is 6.83. The normalized spacial score (nSPS) is 17.3. The number of hydrogen-bond donors (Lipinski definition) is 0. The van der Waals surface area contributed by atoms with E-state index < -0.39 is 18.1 Å². The van der Waals surface area contributed by atoms with Gasteiger partial charge in [-0.3, -0.25) is 14.4 Å². The number of rotatable bonds is 3. The molecular formula is C16H19NO4. The van der Waals surface area contributed by atoms with Gasteiger partial charge in [0.05, 0.1) is 5.92 Å². The van der Waals surface area contributed by atoms with E-state index in [9.17, 15) is 14.4 Å². The molecule has 1 aromatic rings. The van der Waals surface area contributed by atoms with Crippen LogP contribution in [0.1, 0.15) is 49.8 Å². The Kier molecular flexibility index (Phi) is 4.11. The van der Waals surface area contributed by atoms with Crippen LogP contribution in [0.5, 0.6) is 0 Å². The van der Waals surface area contributed by atoms with Crippen molar-refractivity contribution in [2.24, 2.45) is 11.8 Å². The van der Waals surface area contributed by atoms with E-state index in [0.717, 1.165) is 4.90 Å². The number of nitrogens with zero attached hydrogens (tertiary/aromatic N) is 1. The summed E-state index contributed by atoms with van der Waals surface area (Å²) < 4.78 is 5.40. The fraction of sp³-hybridized carbons (Fsp3) is 0.438. The lowest BCUT2D eigenvalue weighted by Gasteiger charge is -2.25. The molecule has 0 fully saturated rings. The topological polar surface area (TPSA) is 63.7 Å². The summed E-state index contributed by atoms with van der Waals surface area (Å²) in [6.07, 6.45) is -0.960.